The van der Waals surface area contributed by atoms with Gasteiger partial charge < -0.3 is 4.90 Å². The van der Waals surface area contributed by atoms with Crippen molar-refractivity contribution in [3.05, 3.63) is 124 Å². The van der Waals surface area contributed by atoms with Crippen LogP contribution in [0, 0.1) is 13.8 Å². The van der Waals surface area contributed by atoms with Crippen molar-refractivity contribution in [3.8, 4) is 9.75 Å². The highest BCUT2D eigenvalue weighted by atomic mass is 32.1. The predicted molar refractivity (Wildman–Crippen MR) is 147 cm³/mol. The Morgan fingerprint density at radius 1 is 0.576 bits per heavy atom. The molecule has 2 heterocycles. The van der Waals surface area contributed by atoms with Crippen LogP contribution in [0.3, 0.4) is 0 Å². The molecule has 0 aliphatic carbocycles. The summed E-state index contributed by atoms with van der Waals surface area (Å²) in [4.78, 5) is 6.23. The first-order valence-corrected chi connectivity index (χ1v) is 12.7. The number of hydrogen-bond donors (Lipinski definition) is 0. The van der Waals surface area contributed by atoms with Crippen LogP contribution in [0.5, 0.6) is 0 Å². The molecule has 0 bridgehead atoms. The summed E-state index contributed by atoms with van der Waals surface area (Å²) < 4.78 is 0. The minimum Gasteiger partial charge on any atom is -0.311 e. The molecule has 0 saturated carbocycles. The van der Waals surface area contributed by atoms with Crippen LogP contribution < -0.4 is 4.90 Å². The van der Waals surface area contributed by atoms with E-state index in [1.165, 1.54) is 31.3 Å². The van der Waals surface area contributed by atoms with Crippen molar-refractivity contribution in [1.82, 2.24) is 0 Å². The fourth-order valence-electron chi connectivity index (χ4n) is 3.74. The Labute approximate surface area is 203 Å². The molecule has 0 radical (unpaired) electrons. The van der Waals surface area contributed by atoms with Crippen molar-refractivity contribution in [1.29, 1.82) is 0 Å². The standard InChI is InChI=1S/C30H25NS2/c1-22-5-12-25(13-6-22)31(26-14-7-23(2)8-15-26)27-16-9-24(10-17-27)11-18-28-19-20-30(33-28)29-4-3-21-32-29/h3-21H,1-2H3. The highest BCUT2D eigenvalue weighted by Crippen LogP contribution is 2.35. The lowest BCUT2D eigenvalue weighted by Crippen LogP contribution is -2.09. The lowest BCUT2D eigenvalue weighted by molar-refractivity contribution is 1.27. The second kappa shape index (κ2) is 9.62. The van der Waals surface area contributed by atoms with Gasteiger partial charge in [0, 0.05) is 31.7 Å². The predicted octanol–water partition coefficient (Wildman–Crippen LogP) is 9.73. The van der Waals surface area contributed by atoms with Crippen molar-refractivity contribution < 1.29 is 0 Å². The maximum atomic E-state index is 2.30. The van der Waals surface area contributed by atoms with E-state index in [1.54, 1.807) is 11.3 Å². The number of nitrogens with zero attached hydrogens (tertiary/aromatic N) is 1. The molecule has 3 aromatic carbocycles. The van der Waals surface area contributed by atoms with E-state index in [0.717, 1.165) is 17.1 Å². The summed E-state index contributed by atoms with van der Waals surface area (Å²) >= 11 is 3.62. The van der Waals surface area contributed by atoms with Crippen LogP contribution in [-0.4, -0.2) is 0 Å². The van der Waals surface area contributed by atoms with E-state index in [4.69, 9.17) is 0 Å². The van der Waals surface area contributed by atoms with Crippen LogP contribution in [0.15, 0.2) is 102 Å². The number of anilines is 3. The van der Waals surface area contributed by atoms with Crippen molar-refractivity contribution in [2.24, 2.45) is 0 Å². The summed E-state index contributed by atoms with van der Waals surface area (Å²) in [6.07, 6.45) is 4.39. The summed E-state index contributed by atoms with van der Waals surface area (Å²) in [7, 11) is 0. The number of hydrogen-bond acceptors (Lipinski definition) is 3. The van der Waals surface area contributed by atoms with Gasteiger partial charge in [-0.3, -0.25) is 0 Å². The molecule has 3 heteroatoms. The molecule has 33 heavy (non-hydrogen) atoms. The minimum atomic E-state index is 1.15. The molecule has 0 saturated heterocycles. The van der Waals surface area contributed by atoms with Gasteiger partial charge >= 0.3 is 0 Å². The van der Waals surface area contributed by atoms with Gasteiger partial charge in [0.1, 0.15) is 0 Å². The molecule has 0 amide bonds. The van der Waals surface area contributed by atoms with Crippen LogP contribution in [0.2, 0.25) is 0 Å². The van der Waals surface area contributed by atoms with E-state index in [0.29, 0.717) is 0 Å². The third-order valence-corrected chi connectivity index (χ3v) is 7.68. The fraction of sp³-hybridized carbons (Fsp3) is 0.0667. The quantitative estimate of drug-likeness (QED) is 0.242. The van der Waals surface area contributed by atoms with Crippen molar-refractivity contribution >= 4 is 51.9 Å². The molecule has 0 unspecified atom stereocenters. The maximum Gasteiger partial charge on any atom is 0.0462 e. The Balaban J connectivity index is 1.40. The van der Waals surface area contributed by atoms with Gasteiger partial charge in [0.05, 0.1) is 0 Å². The van der Waals surface area contributed by atoms with Gasteiger partial charge in [-0.1, -0.05) is 59.7 Å². The zero-order chi connectivity index (χ0) is 22.6. The zero-order valence-electron chi connectivity index (χ0n) is 18.7. The molecule has 0 atom stereocenters. The number of benzene rings is 3. The first-order chi connectivity index (χ1) is 16.2. The number of thiophene rings is 2. The molecule has 0 N–H and O–H groups in total. The van der Waals surface area contributed by atoms with Gasteiger partial charge in [0.2, 0.25) is 0 Å². The van der Waals surface area contributed by atoms with Gasteiger partial charge in [-0.05, 0) is 85.5 Å². The summed E-state index contributed by atoms with van der Waals surface area (Å²) in [5, 5.41) is 2.13. The highest BCUT2D eigenvalue weighted by molar-refractivity contribution is 7.21. The minimum absolute atomic E-state index is 1.15. The topological polar surface area (TPSA) is 3.24 Å². The summed E-state index contributed by atoms with van der Waals surface area (Å²) in [5.41, 5.74) is 7.19. The van der Waals surface area contributed by atoms with E-state index in [1.807, 2.05) is 11.3 Å². The second-order valence-electron chi connectivity index (χ2n) is 8.11. The molecule has 162 valence electrons. The van der Waals surface area contributed by atoms with E-state index in [9.17, 15) is 0 Å². The Morgan fingerprint density at radius 3 is 1.70 bits per heavy atom. The molecular weight excluding hydrogens is 438 g/mol. The van der Waals surface area contributed by atoms with E-state index >= 15 is 0 Å². The SMILES string of the molecule is Cc1ccc(N(c2ccc(C)cc2)c2ccc(C=Cc3ccc(-c4cccs4)s3)cc2)cc1. The molecule has 0 fully saturated rings. The molecular formula is C30H25NS2. The fourth-order valence-corrected chi connectivity index (χ4v) is 5.49. The molecule has 1 nitrogen and oxygen atoms in total. The molecule has 5 rings (SSSR count). The maximum absolute atomic E-state index is 2.30. The lowest BCUT2D eigenvalue weighted by atomic mass is 10.1. The van der Waals surface area contributed by atoms with Crippen LogP contribution >= 0.6 is 22.7 Å². The molecule has 0 aliphatic heterocycles. The third kappa shape index (κ3) is 5.00. The smallest absolute Gasteiger partial charge is 0.0462 e. The van der Waals surface area contributed by atoms with Gasteiger partial charge in [0.15, 0.2) is 0 Å². The second-order valence-corrected chi connectivity index (χ2v) is 10.2. The van der Waals surface area contributed by atoms with E-state index < -0.39 is 0 Å². The molecule has 5 aromatic rings. The van der Waals surface area contributed by atoms with Crippen molar-refractivity contribution in [2.75, 3.05) is 4.90 Å². The summed E-state index contributed by atoms with van der Waals surface area (Å²) in [5.74, 6) is 0. The lowest BCUT2D eigenvalue weighted by Gasteiger charge is -2.25. The molecule has 2 aromatic heterocycles. The first kappa shape index (κ1) is 21.4. The molecule has 0 aliphatic rings. The normalized spacial score (nSPS) is 11.2. The number of aryl methyl sites for hydroxylation is 2. The van der Waals surface area contributed by atoms with Crippen LogP contribution in [0.4, 0.5) is 17.1 Å². The third-order valence-electron chi connectivity index (χ3n) is 5.57. The zero-order valence-corrected chi connectivity index (χ0v) is 20.4. The van der Waals surface area contributed by atoms with E-state index in [-0.39, 0.29) is 0 Å². The van der Waals surface area contributed by atoms with Crippen LogP contribution in [-0.2, 0) is 0 Å². The van der Waals surface area contributed by atoms with Crippen LogP contribution in [0.1, 0.15) is 21.6 Å². The Hall–Kier alpha value is -3.40. The van der Waals surface area contributed by atoms with Crippen LogP contribution in [0.25, 0.3) is 21.9 Å². The van der Waals surface area contributed by atoms with Crippen molar-refractivity contribution in [3.63, 3.8) is 0 Å². The van der Waals surface area contributed by atoms with Gasteiger partial charge in [-0.25, -0.2) is 0 Å². The Kier molecular flexibility index (Phi) is 6.25. The number of rotatable bonds is 6. The first-order valence-electron chi connectivity index (χ1n) is 11.0. The van der Waals surface area contributed by atoms with Gasteiger partial charge in [0.25, 0.3) is 0 Å². The summed E-state index contributed by atoms with van der Waals surface area (Å²) in [6, 6.07) is 34.9. The Morgan fingerprint density at radius 2 is 1.15 bits per heavy atom. The average Bonchev–Trinajstić information content (AvgIpc) is 3.53. The Bertz CT molecular complexity index is 1300. The average molecular weight is 464 g/mol. The van der Waals surface area contributed by atoms with Gasteiger partial charge in [-0.2, -0.15) is 0 Å². The highest BCUT2D eigenvalue weighted by Gasteiger charge is 2.12. The van der Waals surface area contributed by atoms with Gasteiger partial charge in [-0.15, -0.1) is 22.7 Å². The molecule has 0 spiro atoms. The largest absolute Gasteiger partial charge is 0.311 e. The monoisotopic (exact) mass is 463 g/mol. The van der Waals surface area contributed by atoms with E-state index in [2.05, 4.69) is 133 Å². The van der Waals surface area contributed by atoms with Crippen molar-refractivity contribution in [2.45, 2.75) is 13.8 Å². The summed E-state index contributed by atoms with van der Waals surface area (Å²) in [6.45, 7) is 4.25.